The first kappa shape index (κ1) is 17.3. The Hall–Kier alpha value is -1.04. The Morgan fingerprint density at radius 1 is 1.50 bits per heavy atom. The predicted octanol–water partition coefficient (Wildman–Crippen LogP) is 2.83. The zero-order chi connectivity index (χ0) is 16.1. The van der Waals surface area contributed by atoms with Crippen LogP contribution in [0.1, 0.15) is 26.2 Å². The highest BCUT2D eigenvalue weighted by Gasteiger charge is 2.28. The Morgan fingerprint density at radius 3 is 2.91 bits per heavy atom. The Bertz CT molecular complexity index is 509. The van der Waals surface area contributed by atoms with E-state index in [0.29, 0.717) is 5.92 Å². The van der Waals surface area contributed by atoms with Crippen LogP contribution in [0.5, 0.6) is 0 Å². The van der Waals surface area contributed by atoms with Gasteiger partial charge in [-0.2, -0.15) is 0 Å². The first-order valence-electron chi connectivity index (χ1n) is 7.84. The standard InChI is InChI=1S/C17H26N2O2S/c1-12(19(2)11-13-6-4-9-16(13)20)17(21)18-14-7-5-8-15(10-14)22-3/h5,7-8,10,12-13,16,20H,4,6,9,11H2,1-3H3,(H,18,21). The van der Waals surface area contributed by atoms with Crippen molar-refractivity contribution in [2.75, 3.05) is 25.2 Å². The van der Waals surface area contributed by atoms with Gasteiger partial charge >= 0.3 is 0 Å². The van der Waals surface area contributed by atoms with Crippen LogP contribution >= 0.6 is 11.8 Å². The Balaban J connectivity index is 1.90. The van der Waals surface area contributed by atoms with Gasteiger partial charge in [0, 0.05) is 17.1 Å². The number of hydrogen-bond acceptors (Lipinski definition) is 4. The third-order valence-electron chi connectivity index (χ3n) is 4.52. The molecule has 0 aromatic heterocycles. The molecule has 2 rings (SSSR count). The molecule has 1 aromatic rings. The number of nitrogens with zero attached hydrogens (tertiary/aromatic N) is 1. The van der Waals surface area contributed by atoms with Crippen LogP contribution in [0.3, 0.4) is 0 Å². The SMILES string of the molecule is CSc1cccc(NC(=O)C(C)N(C)CC2CCCC2O)c1. The molecule has 2 N–H and O–H groups in total. The number of thioether (sulfide) groups is 1. The smallest absolute Gasteiger partial charge is 0.241 e. The highest BCUT2D eigenvalue weighted by atomic mass is 32.2. The van der Waals surface area contributed by atoms with E-state index in [0.717, 1.165) is 36.4 Å². The fourth-order valence-corrected chi connectivity index (χ4v) is 3.37. The third kappa shape index (κ3) is 4.48. The van der Waals surface area contributed by atoms with Gasteiger partial charge in [0.15, 0.2) is 0 Å². The monoisotopic (exact) mass is 322 g/mol. The maximum atomic E-state index is 12.4. The number of carbonyl (C=O) groups excluding carboxylic acids is 1. The summed E-state index contributed by atoms with van der Waals surface area (Å²) in [6, 6.07) is 7.65. The van der Waals surface area contributed by atoms with E-state index >= 15 is 0 Å². The topological polar surface area (TPSA) is 52.6 Å². The number of likely N-dealkylation sites (N-methyl/N-ethyl adjacent to an activating group) is 1. The molecule has 22 heavy (non-hydrogen) atoms. The second-order valence-electron chi connectivity index (χ2n) is 6.10. The summed E-state index contributed by atoms with van der Waals surface area (Å²) in [5.74, 6) is 0.285. The van der Waals surface area contributed by atoms with Crippen LogP contribution in [0.2, 0.25) is 0 Å². The number of amides is 1. The first-order valence-corrected chi connectivity index (χ1v) is 9.07. The number of benzene rings is 1. The van der Waals surface area contributed by atoms with Crippen molar-refractivity contribution in [3.05, 3.63) is 24.3 Å². The molecule has 1 aliphatic carbocycles. The number of carbonyl (C=O) groups is 1. The highest BCUT2D eigenvalue weighted by molar-refractivity contribution is 7.98. The number of anilines is 1. The Morgan fingerprint density at radius 2 is 2.27 bits per heavy atom. The summed E-state index contributed by atoms with van der Waals surface area (Å²) in [5.41, 5.74) is 0.831. The predicted molar refractivity (Wildman–Crippen MR) is 92.3 cm³/mol. The van der Waals surface area contributed by atoms with Crippen LogP contribution in [-0.4, -0.2) is 47.9 Å². The summed E-state index contributed by atoms with van der Waals surface area (Å²) >= 11 is 1.66. The van der Waals surface area contributed by atoms with E-state index in [-0.39, 0.29) is 18.1 Å². The molecule has 1 amide bonds. The largest absolute Gasteiger partial charge is 0.393 e. The van der Waals surface area contributed by atoms with Crippen molar-refractivity contribution in [2.24, 2.45) is 5.92 Å². The molecule has 0 bridgehead atoms. The molecule has 0 radical (unpaired) electrons. The summed E-state index contributed by atoms with van der Waals surface area (Å²) in [4.78, 5) is 15.6. The van der Waals surface area contributed by atoms with Crippen LogP contribution in [0.4, 0.5) is 5.69 Å². The van der Waals surface area contributed by atoms with Crippen molar-refractivity contribution in [1.82, 2.24) is 4.90 Å². The van der Waals surface area contributed by atoms with E-state index in [1.807, 2.05) is 49.4 Å². The maximum absolute atomic E-state index is 12.4. The van der Waals surface area contributed by atoms with Gasteiger partial charge in [0.05, 0.1) is 12.1 Å². The summed E-state index contributed by atoms with van der Waals surface area (Å²) < 4.78 is 0. The summed E-state index contributed by atoms with van der Waals surface area (Å²) in [5, 5.41) is 12.9. The van der Waals surface area contributed by atoms with Gasteiger partial charge in [-0.1, -0.05) is 12.5 Å². The molecule has 0 spiro atoms. The van der Waals surface area contributed by atoms with E-state index < -0.39 is 0 Å². The fourth-order valence-electron chi connectivity index (χ4n) is 2.91. The van der Waals surface area contributed by atoms with E-state index in [2.05, 4.69) is 5.32 Å². The zero-order valence-corrected chi connectivity index (χ0v) is 14.4. The Kier molecular flexibility index (Phi) is 6.29. The minimum Gasteiger partial charge on any atom is -0.393 e. The average molecular weight is 322 g/mol. The molecule has 1 aliphatic rings. The quantitative estimate of drug-likeness (QED) is 0.791. The van der Waals surface area contributed by atoms with Gasteiger partial charge in [-0.25, -0.2) is 0 Å². The molecule has 1 saturated carbocycles. The van der Waals surface area contributed by atoms with Crippen LogP contribution < -0.4 is 5.32 Å². The van der Waals surface area contributed by atoms with Gasteiger partial charge in [-0.05, 0) is 57.2 Å². The van der Waals surface area contributed by atoms with Gasteiger partial charge in [-0.15, -0.1) is 11.8 Å². The molecular weight excluding hydrogens is 296 g/mol. The first-order chi connectivity index (χ1) is 10.5. The summed E-state index contributed by atoms with van der Waals surface area (Å²) in [6.45, 7) is 2.68. The zero-order valence-electron chi connectivity index (χ0n) is 13.6. The highest BCUT2D eigenvalue weighted by Crippen LogP contribution is 2.26. The van der Waals surface area contributed by atoms with Crippen molar-refractivity contribution in [1.29, 1.82) is 0 Å². The van der Waals surface area contributed by atoms with E-state index in [4.69, 9.17) is 0 Å². The normalized spacial score (nSPS) is 22.8. The number of hydrogen-bond donors (Lipinski definition) is 2. The van der Waals surface area contributed by atoms with Crippen LogP contribution in [0, 0.1) is 5.92 Å². The van der Waals surface area contributed by atoms with E-state index in [9.17, 15) is 9.90 Å². The van der Waals surface area contributed by atoms with Gasteiger partial charge in [0.2, 0.25) is 5.91 Å². The Labute approximate surface area is 137 Å². The van der Waals surface area contributed by atoms with Gasteiger partial charge in [0.25, 0.3) is 0 Å². The summed E-state index contributed by atoms with van der Waals surface area (Å²) in [6.07, 6.45) is 4.83. The third-order valence-corrected chi connectivity index (χ3v) is 5.24. The maximum Gasteiger partial charge on any atom is 0.241 e. The number of rotatable bonds is 6. The van der Waals surface area contributed by atoms with Crippen molar-refractivity contribution >= 4 is 23.4 Å². The van der Waals surface area contributed by atoms with Crippen molar-refractivity contribution in [2.45, 2.75) is 43.2 Å². The van der Waals surface area contributed by atoms with Crippen molar-refractivity contribution in [3.8, 4) is 0 Å². The molecule has 3 unspecified atom stereocenters. The molecule has 0 saturated heterocycles. The molecule has 4 nitrogen and oxygen atoms in total. The van der Waals surface area contributed by atoms with E-state index in [1.165, 1.54) is 0 Å². The minimum absolute atomic E-state index is 0.00626. The van der Waals surface area contributed by atoms with Gasteiger partial charge in [-0.3, -0.25) is 9.69 Å². The van der Waals surface area contributed by atoms with Crippen molar-refractivity contribution < 1.29 is 9.90 Å². The molecular formula is C17H26N2O2S. The molecule has 1 fully saturated rings. The lowest BCUT2D eigenvalue weighted by molar-refractivity contribution is -0.120. The lowest BCUT2D eigenvalue weighted by Crippen LogP contribution is -2.43. The number of aliphatic hydroxyl groups excluding tert-OH is 1. The molecule has 0 aliphatic heterocycles. The second-order valence-corrected chi connectivity index (χ2v) is 6.97. The summed E-state index contributed by atoms with van der Waals surface area (Å²) in [7, 11) is 1.95. The van der Waals surface area contributed by atoms with Crippen molar-refractivity contribution in [3.63, 3.8) is 0 Å². The molecule has 1 aromatic carbocycles. The fraction of sp³-hybridized carbons (Fsp3) is 0.588. The average Bonchev–Trinajstić information content (AvgIpc) is 2.91. The number of aliphatic hydroxyl groups is 1. The molecule has 5 heteroatoms. The number of nitrogens with one attached hydrogen (secondary N) is 1. The van der Waals surface area contributed by atoms with Gasteiger partial charge < -0.3 is 10.4 Å². The molecule has 0 heterocycles. The van der Waals surface area contributed by atoms with Crippen LogP contribution in [0.15, 0.2) is 29.2 Å². The molecule has 122 valence electrons. The minimum atomic E-state index is -0.217. The second kappa shape index (κ2) is 7.99. The van der Waals surface area contributed by atoms with Crippen LogP contribution in [0.25, 0.3) is 0 Å². The van der Waals surface area contributed by atoms with E-state index in [1.54, 1.807) is 11.8 Å². The lowest BCUT2D eigenvalue weighted by Gasteiger charge is -2.28. The molecule has 3 atom stereocenters. The van der Waals surface area contributed by atoms with Gasteiger partial charge in [0.1, 0.15) is 0 Å². The lowest BCUT2D eigenvalue weighted by atomic mass is 10.0. The van der Waals surface area contributed by atoms with Crippen LogP contribution in [-0.2, 0) is 4.79 Å².